The monoisotopic (exact) mass is 404 g/mol. The summed E-state index contributed by atoms with van der Waals surface area (Å²) in [5.41, 5.74) is 1.46. The number of nitrogens with one attached hydrogen (secondary N) is 1. The van der Waals surface area contributed by atoms with E-state index in [9.17, 15) is 4.79 Å². The summed E-state index contributed by atoms with van der Waals surface area (Å²) in [6.45, 7) is 8.96. The third-order valence-corrected chi connectivity index (χ3v) is 5.28. The van der Waals surface area contributed by atoms with Crippen LogP contribution in [-0.4, -0.2) is 28.3 Å². The van der Waals surface area contributed by atoms with Gasteiger partial charge in [-0.2, -0.15) is 0 Å². The lowest BCUT2D eigenvalue weighted by Crippen LogP contribution is -2.40. The number of hydrogen-bond donors (Lipinski definition) is 1. The van der Waals surface area contributed by atoms with Crippen molar-refractivity contribution in [1.29, 1.82) is 0 Å². The SMILES string of the molecule is [C-]#[N+]c1ccc(OC2CCC(NC(=O)c3ccc(Cl)nn3)CC2)c(C)c1Cl. The third kappa shape index (κ3) is 4.68. The molecule has 27 heavy (non-hydrogen) atoms. The van der Waals surface area contributed by atoms with Gasteiger partial charge in [-0.15, -0.1) is 10.2 Å². The molecule has 0 saturated heterocycles. The molecule has 1 aliphatic carbocycles. The van der Waals surface area contributed by atoms with Crippen molar-refractivity contribution >= 4 is 34.8 Å². The molecule has 0 spiro atoms. The fourth-order valence-corrected chi connectivity index (χ4v) is 3.37. The standard InChI is InChI=1S/C19H18Cl2N4O2/c1-11-16(9-7-14(22-2)18(11)21)27-13-5-3-12(4-6-13)23-19(26)15-8-10-17(20)25-24-15/h7-10,12-13H,3-6H2,1H3,(H,23,26). The van der Waals surface area contributed by atoms with Crippen molar-refractivity contribution < 1.29 is 9.53 Å². The molecule has 0 aliphatic heterocycles. The molecule has 1 saturated carbocycles. The summed E-state index contributed by atoms with van der Waals surface area (Å²) in [6, 6.07) is 6.64. The van der Waals surface area contributed by atoms with Crippen LogP contribution < -0.4 is 10.1 Å². The van der Waals surface area contributed by atoms with E-state index in [0.717, 1.165) is 31.2 Å². The summed E-state index contributed by atoms with van der Waals surface area (Å²) in [5.74, 6) is 0.456. The van der Waals surface area contributed by atoms with Gasteiger partial charge in [-0.05, 0) is 56.4 Å². The largest absolute Gasteiger partial charge is 0.490 e. The van der Waals surface area contributed by atoms with Gasteiger partial charge >= 0.3 is 0 Å². The van der Waals surface area contributed by atoms with Crippen LogP contribution in [0.15, 0.2) is 24.3 Å². The molecule has 6 nitrogen and oxygen atoms in total. The van der Waals surface area contributed by atoms with Crippen molar-refractivity contribution in [3.05, 3.63) is 57.1 Å². The topological polar surface area (TPSA) is 68.5 Å². The van der Waals surface area contributed by atoms with Crippen LogP contribution in [0.5, 0.6) is 5.75 Å². The fourth-order valence-electron chi connectivity index (χ4n) is 3.07. The van der Waals surface area contributed by atoms with E-state index in [1.54, 1.807) is 24.3 Å². The number of nitrogens with zero attached hydrogens (tertiary/aromatic N) is 3. The van der Waals surface area contributed by atoms with Crippen molar-refractivity contribution in [3.63, 3.8) is 0 Å². The number of hydrogen-bond acceptors (Lipinski definition) is 4. The number of rotatable bonds is 4. The number of carbonyl (C=O) groups excluding carboxylic acids is 1. The van der Waals surface area contributed by atoms with Crippen LogP contribution in [0.1, 0.15) is 41.7 Å². The Morgan fingerprint density at radius 2 is 1.93 bits per heavy atom. The maximum atomic E-state index is 12.2. The van der Waals surface area contributed by atoms with E-state index in [-0.39, 0.29) is 28.9 Å². The predicted octanol–water partition coefficient (Wildman–Crippen LogP) is 4.76. The van der Waals surface area contributed by atoms with Gasteiger partial charge in [0.2, 0.25) is 5.69 Å². The van der Waals surface area contributed by atoms with Gasteiger partial charge in [0.1, 0.15) is 5.75 Å². The van der Waals surface area contributed by atoms with Crippen LogP contribution in [-0.2, 0) is 0 Å². The van der Waals surface area contributed by atoms with E-state index in [1.165, 1.54) is 0 Å². The molecule has 0 bridgehead atoms. The van der Waals surface area contributed by atoms with Crippen LogP contribution in [0.25, 0.3) is 4.85 Å². The lowest BCUT2D eigenvalue weighted by molar-refractivity contribution is 0.0887. The number of halogens is 2. The summed E-state index contributed by atoms with van der Waals surface area (Å²) < 4.78 is 6.08. The average molecular weight is 405 g/mol. The summed E-state index contributed by atoms with van der Waals surface area (Å²) in [5, 5.41) is 11.2. The van der Waals surface area contributed by atoms with Gasteiger partial charge < -0.3 is 10.1 Å². The minimum Gasteiger partial charge on any atom is -0.490 e. The van der Waals surface area contributed by atoms with Crippen molar-refractivity contribution in [2.45, 2.75) is 44.8 Å². The molecule has 2 aromatic rings. The summed E-state index contributed by atoms with van der Waals surface area (Å²) in [7, 11) is 0. The number of carbonyl (C=O) groups is 1. The minimum atomic E-state index is -0.249. The second-order valence-electron chi connectivity index (χ2n) is 6.44. The molecule has 1 aliphatic rings. The molecule has 1 aromatic heterocycles. The zero-order chi connectivity index (χ0) is 19.4. The van der Waals surface area contributed by atoms with Gasteiger partial charge in [-0.3, -0.25) is 4.79 Å². The Balaban J connectivity index is 1.53. The molecule has 1 fully saturated rings. The molecule has 8 heteroatoms. The lowest BCUT2D eigenvalue weighted by atomic mass is 9.92. The Morgan fingerprint density at radius 3 is 2.56 bits per heavy atom. The summed E-state index contributed by atoms with van der Waals surface area (Å²) in [4.78, 5) is 15.6. The zero-order valence-electron chi connectivity index (χ0n) is 14.7. The third-order valence-electron chi connectivity index (χ3n) is 4.60. The molecule has 0 radical (unpaired) electrons. The molecule has 1 N–H and O–H groups in total. The van der Waals surface area contributed by atoms with E-state index < -0.39 is 0 Å². The summed E-state index contributed by atoms with van der Waals surface area (Å²) in [6.07, 6.45) is 3.31. The van der Waals surface area contributed by atoms with Gasteiger partial charge in [0, 0.05) is 6.04 Å². The van der Waals surface area contributed by atoms with Crippen LogP contribution in [0, 0.1) is 13.5 Å². The van der Waals surface area contributed by atoms with Crippen molar-refractivity contribution in [2.75, 3.05) is 0 Å². The molecule has 0 unspecified atom stereocenters. The van der Waals surface area contributed by atoms with Crippen LogP contribution in [0.2, 0.25) is 10.2 Å². The molecule has 3 rings (SSSR count). The molecular weight excluding hydrogens is 387 g/mol. The van der Waals surface area contributed by atoms with Crippen molar-refractivity contribution in [2.24, 2.45) is 0 Å². The maximum absolute atomic E-state index is 12.2. The fraction of sp³-hybridized carbons (Fsp3) is 0.368. The van der Waals surface area contributed by atoms with Gasteiger partial charge in [0.05, 0.1) is 17.7 Å². The van der Waals surface area contributed by atoms with Crippen LogP contribution in [0.4, 0.5) is 5.69 Å². The molecule has 140 valence electrons. The molecule has 1 aromatic carbocycles. The average Bonchev–Trinajstić information content (AvgIpc) is 2.67. The van der Waals surface area contributed by atoms with E-state index in [4.69, 9.17) is 34.5 Å². The van der Waals surface area contributed by atoms with Gasteiger partial charge in [0.15, 0.2) is 10.8 Å². The smallest absolute Gasteiger partial charge is 0.272 e. The van der Waals surface area contributed by atoms with E-state index in [0.29, 0.717) is 16.5 Å². The Hall–Kier alpha value is -2.36. The highest BCUT2D eigenvalue weighted by Gasteiger charge is 2.25. The van der Waals surface area contributed by atoms with Crippen molar-refractivity contribution in [1.82, 2.24) is 15.5 Å². The first kappa shape index (κ1) is 19.4. The highest BCUT2D eigenvalue weighted by atomic mass is 35.5. The normalized spacial score (nSPS) is 19.2. The second kappa shape index (κ2) is 8.55. The Morgan fingerprint density at radius 1 is 1.19 bits per heavy atom. The van der Waals surface area contributed by atoms with Crippen molar-refractivity contribution in [3.8, 4) is 5.75 Å². The first-order chi connectivity index (χ1) is 13.0. The van der Waals surface area contributed by atoms with Crippen LogP contribution in [0.3, 0.4) is 0 Å². The number of ether oxygens (including phenoxy) is 1. The first-order valence-corrected chi connectivity index (χ1v) is 9.37. The Kier molecular flexibility index (Phi) is 6.15. The zero-order valence-corrected chi connectivity index (χ0v) is 16.2. The molecule has 0 atom stereocenters. The lowest BCUT2D eigenvalue weighted by Gasteiger charge is -2.30. The van der Waals surface area contributed by atoms with E-state index in [2.05, 4.69) is 20.4 Å². The molecule has 1 heterocycles. The van der Waals surface area contributed by atoms with Gasteiger partial charge in [-0.1, -0.05) is 29.3 Å². The quantitative estimate of drug-likeness (QED) is 0.745. The highest BCUT2D eigenvalue weighted by molar-refractivity contribution is 6.34. The molecular formula is C19H18Cl2N4O2. The number of aromatic nitrogens is 2. The number of benzene rings is 1. The van der Waals surface area contributed by atoms with Crippen LogP contribution >= 0.6 is 23.2 Å². The van der Waals surface area contributed by atoms with E-state index >= 15 is 0 Å². The molecule has 1 amide bonds. The van der Waals surface area contributed by atoms with E-state index in [1.807, 2.05) is 6.92 Å². The maximum Gasteiger partial charge on any atom is 0.272 e. The second-order valence-corrected chi connectivity index (χ2v) is 7.21. The first-order valence-electron chi connectivity index (χ1n) is 8.61. The summed E-state index contributed by atoms with van der Waals surface area (Å²) >= 11 is 11.9. The highest BCUT2D eigenvalue weighted by Crippen LogP contribution is 2.36. The number of amides is 1. The Labute approximate surface area is 167 Å². The van der Waals surface area contributed by atoms with Gasteiger partial charge in [-0.25, -0.2) is 4.85 Å². The minimum absolute atomic E-state index is 0.0574. The predicted molar refractivity (Wildman–Crippen MR) is 104 cm³/mol. The Bertz CT molecular complexity index is 873. The van der Waals surface area contributed by atoms with Gasteiger partial charge in [0.25, 0.3) is 5.91 Å².